The zero-order valence-corrected chi connectivity index (χ0v) is 43.1. The van der Waals surface area contributed by atoms with Gasteiger partial charge in [0.1, 0.15) is 48.3 Å². The molecule has 0 radical (unpaired) electrons. The Morgan fingerprint density at radius 1 is 0.427 bits per heavy atom. The molecule has 0 aromatic heterocycles. The van der Waals surface area contributed by atoms with Crippen molar-refractivity contribution in [3.63, 3.8) is 0 Å². The van der Waals surface area contributed by atoms with Crippen LogP contribution in [0.25, 0.3) is 0 Å². The maximum absolute atomic E-state index is 14.2. The van der Waals surface area contributed by atoms with Gasteiger partial charge in [0.2, 0.25) is 59.1 Å². The first-order valence-electron chi connectivity index (χ1n) is 24.4. The summed E-state index contributed by atoms with van der Waals surface area (Å²) in [6, 6.07) is -4.21. The summed E-state index contributed by atoms with van der Waals surface area (Å²) in [5, 5.41) is 48.0. The molecular weight excluding hydrogens is 987 g/mol. The van der Waals surface area contributed by atoms with E-state index in [0.29, 0.717) is 5.56 Å². The Bertz CT molecular complexity index is 2170. The number of amides is 10. The highest BCUT2D eigenvalue weighted by Crippen LogP contribution is 2.13. The van der Waals surface area contributed by atoms with Gasteiger partial charge in [0.05, 0.1) is 13.0 Å². The quantitative estimate of drug-likeness (QED) is 0.0322. The Kier molecular flexibility index (Phi) is 28.9. The lowest BCUT2D eigenvalue weighted by Gasteiger charge is -2.28. The van der Waals surface area contributed by atoms with E-state index in [2.05, 4.69) is 42.5 Å². The zero-order valence-electron chi connectivity index (χ0n) is 43.1. The third-order valence-corrected chi connectivity index (χ3v) is 11.0. The first-order valence-corrected chi connectivity index (χ1v) is 24.4. The third-order valence-electron chi connectivity index (χ3n) is 11.0. The van der Waals surface area contributed by atoms with Crippen molar-refractivity contribution < 1.29 is 77.6 Å². The summed E-state index contributed by atoms with van der Waals surface area (Å²) < 4.78 is 0. The molecule has 0 fully saturated rings. The molecule has 0 aliphatic rings. The maximum atomic E-state index is 14.2. The molecule has 0 saturated heterocycles. The van der Waals surface area contributed by atoms with E-state index >= 15 is 0 Å². The number of carboxylic acids is 3. The molecule has 10 amide bonds. The van der Waals surface area contributed by atoms with E-state index in [1.807, 2.05) is 0 Å². The highest BCUT2D eigenvalue weighted by atomic mass is 16.4. The highest BCUT2D eigenvalue weighted by molar-refractivity contribution is 5.99. The average Bonchev–Trinajstić information content (AvgIpc) is 3.30. The number of carbonyl (C=O) groups is 13. The maximum Gasteiger partial charge on any atom is 0.326 e. The highest BCUT2D eigenvalue weighted by Gasteiger charge is 2.36. The molecule has 75 heavy (non-hydrogen) atoms. The van der Waals surface area contributed by atoms with E-state index in [0.717, 1.165) is 0 Å². The van der Waals surface area contributed by atoms with Gasteiger partial charge < -0.3 is 75.1 Å². The molecule has 0 aliphatic carbocycles. The van der Waals surface area contributed by atoms with Gasteiger partial charge in [-0.2, -0.15) is 0 Å². The predicted octanol–water partition coefficient (Wildman–Crippen LogP) is -2.84. The summed E-state index contributed by atoms with van der Waals surface area (Å²) in [5.41, 5.74) is 16.5. The molecule has 1 aromatic carbocycles. The fourth-order valence-corrected chi connectivity index (χ4v) is 7.35. The predicted molar refractivity (Wildman–Crippen MR) is 267 cm³/mol. The standard InChI is InChI=1S/C48H75N11O16/c1-24(2)18-31(52-38(62)23-49)43(69)53-29(14-17-40(65)66)42(68)59-35(22-37(51)61)47(73)57-32(19-25(3)4)44(70)54-28(13-16-39(63)64)41(67)58-34(21-27-10-8-7-9-11-27)46(72)56-33(20-26(5)6)45(71)55-30(48(74)75)12-15-36(50)60/h7-11,24-26,28-35H,12-23,49H2,1-6H3,(H2,50,60)(H2,51,61)(H,52,62)(H,53,69)(H,54,70)(H,55,71)(H,56,72)(H,57,73)(H,58,67)(H,59,68)(H,63,64)(H,65,66)(H,74,75)/t28-,29-,30-,31-,32-,33-,34-,35-/m0/s1. The monoisotopic (exact) mass is 1060 g/mol. The van der Waals surface area contributed by atoms with Crippen LogP contribution < -0.4 is 59.7 Å². The Morgan fingerprint density at radius 2 is 0.760 bits per heavy atom. The number of rotatable bonds is 36. The Morgan fingerprint density at radius 3 is 1.13 bits per heavy atom. The van der Waals surface area contributed by atoms with Crippen LogP contribution in [-0.4, -0.2) is 147 Å². The number of nitrogens with one attached hydrogen (secondary N) is 8. The third kappa shape index (κ3) is 26.7. The van der Waals surface area contributed by atoms with Crippen molar-refractivity contribution in [2.75, 3.05) is 6.54 Å². The molecule has 1 rings (SSSR count). The fourth-order valence-electron chi connectivity index (χ4n) is 7.35. The van der Waals surface area contributed by atoms with Gasteiger partial charge >= 0.3 is 17.9 Å². The molecular formula is C48H75N11O16. The van der Waals surface area contributed by atoms with Gasteiger partial charge in [0.15, 0.2) is 0 Å². The van der Waals surface area contributed by atoms with Crippen molar-refractivity contribution in [2.24, 2.45) is 35.0 Å². The first kappa shape index (κ1) is 65.3. The molecule has 8 atom stereocenters. The van der Waals surface area contributed by atoms with Gasteiger partial charge in [-0.25, -0.2) is 4.79 Å². The van der Waals surface area contributed by atoms with Crippen LogP contribution in [0.5, 0.6) is 0 Å². The van der Waals surface area contributed by atoms with Crippen LogP contribution in [0.3, 0.4) is 0 Å². The minimum Gasteiger partial charge on any atom is -0.481 e. The SMILES string of the molecule is CC(C)C[C@H](NC(=O)CN)C(=O)N[C@@H](CCC(=O)O)C(=O)N[C@@H](CC(N)=O)C(=O)N[C@@H](CC(C)C)C(=O)N[C@@H](CCC(=O)O)C(=O)N[C@@H](Cc1ccccc1)C(=O)N[C@@H](CC(C)C)C(=O)N[C@@H](CCC(N)=O)C(=O)O. The number of nitrogens with two attached hydrogens (primary N) is 3. The normalized spacial score (nSPS) is 14.3. The number of hydrogen-bond acceptors (Lipinski definition) is 14. The van der Waals surface area contributed by atoms with Crippen molar-refractivity contribution in [1.29, 1.82) is 0 Å². The number of hydrogen-bond donors (Lipinski definition) is 14. The second kappa shape index (κ2) is 33.2. The molecule has 27 nitrogen and oxygen atoms in total. The van der Waals surface area contributed by atoms with Crippen LogP contribution in [-0.2, 0) is 68.7 Å². The fraction of sp³-hybridized carbons (Fsp3) is 0.604. The lowest BCUT2D eigenvalue weighted by Crippen LogP contribution is -2.61. The molecule has 0 saturated carbocycles. The van der Waals surface area contributed by atoms with Crippen LogP contribution in [0.1, 0.15) is 111 Å². The van der Waals surface area contributed by atoms with Gasteiger partial charge in [-0.1, -0.05) is 71.9 Å². The van der Waals surface area contributed by atoms with Crippen molar-refractivity contribution in [1.82, 2.24) is 42.5 Å². The summed E-state index contributed by atoms with van der Waals surface area (Å²) in [6.45, 7) is 9.77. The lowest BCUT2D eigenvalue weighted by molar-refractivity contribution is -0.143. The zero-order chi connectivity index (χ0) is 57.1. The van der Waals surface area contributed by atoms with Gasteiger partial charge in [0.25, 0.3) is 0 Å². The van der Waals surface area contributed by atoms with Crippen LogP contribution in [0.4, 0.5) is 0 Å². The summed E-state index contributed by atoms with van der Waals surface area (Å²) in [7, 11) is 0. The molecule has 27 heteroatoms. The van der Waals surface area contributed by atoms with Gasteiger partial charge in [-0.15, -0.1) is 0 Å². The van der Waals surface area contributed by atoms with E-state index in [1.165, 1.54) is 0 Å². The minimum atomic E-state index is -1.85. The van der Waals surface area contributed by atoms with Crippen molar-refractivity contribution in [3.05, 3.63) is 35.9 Å². The molecule has 0 unspecified atom stereocenters. The Balaban J connectivity index is 3.61. The summed E-state index contributed by atoms with van der Waals surface area (Å²) in [5.74, 6) is -14.9. The van der Waals surface area contributed by atoms with Crippen molar-refractivity contribution in [3.8, 4) is 0 Å². The van der Waals surface area contributed by atoms with Crippen molar-refractivity contribution in [2.45, 2.75) is 161 Å². The molecule has 17 N–H and O–H groups in total. The number of benzene rings is 1. The van der Waals surface area contributed by atoms with Gasteiger partial charge in [-0.3, -0.25) is 57.5 Å². The Hall–Kier alpha value is -7.71. The molecule has 0 aliphatic heterocycles. The lowest BCUT2D eigenvalue weighted by atomic mass is 9.99. The summed E-state index contributed by atoms with van der Waals surface area (Å²) >= 11 is 0. The average molecular weight is 1060 g/mol. The largest absolute Gasteiger partial charge is 0.481 e. The second-order valence-electron chi connectivity index (χ2n) is 19.2. The van der Waals surface area contributed by atoms with Crippen LogP contribution >= 0.6 is 0 Å². The second-order valence-corrected chi connectivity index (χ2v) is 19.2. The molecule has 0 spiro atoms. The van der Waals surface area contributed by atoms with E-state index in [4.69, 9.17) is 17.2 Å². The molecule has 0 heterocycles. The van der Waals surface area contributed by atoms with Crippen LogP contribution in [0, 0.1) is 17.8 Å². The van der Waals surface area contributed by atoms with Crippen LogP contribution in [0.15, 0.2) is 30.3 Å². The van der Waals surface area contributed by atoms with E-state index in [9.17, 15) is 77.6 Å². The molecule has 0 bridgehead atoms. The number of aliphatic carboxylic acids is 3. The summed E-state index contributed by atoms with van der Waals surface area (Å²) in [6.07, 6.45) is -4.35. The summed E-state index contributed by atoms with van der Waals surface area (Å²) in [4.78, 5) is 168. The van der Waals surface area contributed by atoms with Crippen LogP contribution in [0.2, 0.25) is 0 Å². The van der Waals surface area contributed by atoms with Crippen molar-refractivity contribution >= 4 is 77.0 Å². The number of carbonyl (C=O) groups excluding carboxylic acids is 10. The van der Waals surface area contributed by atoms with E-state index in [-0.39, 0.29) is 56.3 Å². The smallest absolute Gasteiger partial charge is 0.326 e. The first-order chi connectivity index (χ1) is 35.0. The van der Waals surface area contributed by atoms with E-state index < -0.39 is 164 Å². The minimum absolute atomic E-state index is 0.0206. The topological polar surface area (TPSA) is 457 Å². The number of primary amides is 2. The Labute approximate surface area is 434 Å². The van der Waals surface area contributed by atoms with Gasteiger partial charge in [-0.05, 0) is 61.8 Å². The van der Waals surface area contributed by atoms with E-state index in [1.54, 1.807) is 71.9 Å². The number of carboxylic acid groups (broad SMARTS) is 3. The van der Waals surface area contributed by atoms with Gasteiger partial charge in [0, 0.05) is 25.7 Å². The molecule has 418 valence electrons. The molecule has 1 aromatic rings.